The molecule has 0 spiro atoms. The molecule has 0 aromatic heterocycles. The van der Waals surface area contributed by atoms with Crippen LogP contribution in [0.1, 0.15) is 42.5 Å². The molecular formula is C14H16Br2O. The first-order valence-corrected chi connectivity index (χ1v) is 7.32. The summed E-state index contributed by atoms with van der Waals surface area (Å²) in [4.78, 5) is 11.9. The van der Waals surface area contributed by atoms with E-state index in [0.717, 1.165) is 40.2 Å². The number of rotatable bonds is 7. The standard InChI is InChI=1S/C14H16Br2O/c1-2-3-4-5-6-7-14(17)11-8-12(15)10-13(16)9-11/h2,8-10H,1,3-7H2. The molecule has 1 aromatic carbocycles. The first-order chi connectivity index (χ1) is 8.13. The zero-order valence-corrected chi connectivity index (χ0v) is 12.9. The number of hydrogen-bond acceptors (Lipinski definition) is 1. The molecule has 17 heavy (non-hydrogen) atoms. The van der Waals surface area contributed by atoms with Gasteiger partial charge in [0.25, 0.3) is 0 Å². The number of hydrogen-bond donors (Lipinski definition) is 0. The Balaban J connectivity index is 2.44. The van der Waals surface area contributed by atoms with Gasteiger partial charge in [-0.25, -0.2) is 0 Å². The number of allylic oxidation sites excluding steroid dienone is 1. The first-order valence-electron chi connectivity index (χ1n) is 5.73. The third-order valence-corrected chi connectivity index (χ3v) is 3.41. The molecule has 0 saturated carbocycles. The Morgan fingerprint density at radius 2 is 1.76 bits per heavy atom. The van der Waals surface area contributed by atoms with Gasteiger partial charge >= 0.3 is 0 Å². The fraction of sp³-hybridized carbons (Fsp3) is 0.357. The van der Waals surface area contributed by atoms with Crippen LogP contribution in [0.4, 0.5) is 0 Å². The Morgan fingerprint density at radius 1 is 1.12 bits per heavy atom. The van der Waals surface area contributed by atoms with Gasteiger partial charge in [0.15, 0.2) is 5.78 Å². The molecule has 0 N–H and O–H groups in total. The summed E-state index contributed by atoms with van der Waals surface area (Å²) in [5, 5.41) is 0. The van der Waals surface area contributed by atoms with Crippen LogP contribution in [0.2, 0.25) is 0 Å². The van der Waals surface area contributed by atoms with E-state index in [9.17, 15) is 4.79 Å². The molecule has 0 fully saturated rings. The van der Waals surface area contributed by atoms with Crippen LogP contribution in [0, 0.1) is 0 Å². The molecule has 0 atom stereocenters. The molecule has 1 aromatic rings. The Hall–Kier alpha value is -0.410. The minimum absolute atomic E-state index is 0.214. The lowest BCUT2D eigenvalue weighted by Gasteiger charge is -2.03. The number of benzene rings is 1. The molecule has 0 aliphatic heterocycles. The maximum Gasteiger partial charge on any atom is 0.162 e. The Kier molecular flexibility index (Phi) is 6.75. The Labute approximate surface area is 120 Å². The van der Waals surface area contributed by atoms with Gasteiger partial charge in [-0.1, -0.05) is 44.4 Å². The highest BCUT2D eigenvalue weighted by Gasteiger charge is 2.07. The SMILES string of the molecule is C=CCCCCCC(=O)c1cc(Br)cc(Br)c1. The van der Waals surface area contributed by atoms with Crippen molar-refractivity contribution in [1.29, 1.82) is 0 Å². The van der Waals surface area contributed by atoms with E-state index in [1.165, 1.54) is 0 Å². The largest absolute Gasteiger partial charge is 0.294 e. The van der Waals surface area contributed by atoms with Crippen molar-refractivity contribution in [2.24, 2.45) is 0 Å². The van der Waals surface area contributed by atoms with Gasteiger partial charge in [0.1, 0.15) is 0 Å². The predicted molar refractivity (Wildman–Crippen MR) is 79.5 cm³/mol. The summed E-state index contributed by atoms with van der Waals surface area (Å²) in [5.74, 6) is 0.214. The minimum atomic E-state index is 0.214. The van der Waals surface area contributed by atoms with Gasteiger partial charge in [-0.15, -0.1) is 6.58 Å². The van der Waals surface area contributed by atoms with E-state index in [0.29, 0.717) is 6.42 Å². The molecule has 0 saturated heterocycles. The van der Waals surface area contributed by atoms with Crippen molar-refractivity contribution in [3.05, 3.63) is 45.4 Å². The van der Waals surface area contributed by atoms with Crippen molar-refractivity contribution in [1.82, 2.24) is 0 Å². The van der Waals surface area contributed by atoms with Gasteiger partial charge in [-0.05, 0) is 37.5 Å². The van der Waals surface area contributed by atoms with Crippen molar-refractivity contribution in [3.63, 3.8) is 0 Å². The molecular weight excluding hydrogens is 344 g/mol. The third-order valence-electron chi connectivity index (χ3n) is 2.50. The van der Waals surface area contributed by atoms with Crippen molar-refractivity contribution < 1.29 is 4.79 Å². The van der Waals surface area contributed by atoms with E-state index in [2.05, 4.69) is 38.4 Å². The summed E-state index contributed by atoms with van der Waals surface area (Å²) < 4.78 is 1.86. The van der Waals surface area contributed by atoms with Crippen LogP contribution in [-0.4, -0.2) is 5.78 Å². The summed E-state index contributed by atoms with van der Waals surface area (Å²) in [6.07, 6.45) is 6.76. The summed E-state index contributed by atoms with van der Waals surface area (Å²) in [7, 11) is 0. The van der Waals surface area contributed by atoms with E-state index in [4.69, 9.17) is 0 Å². The summed E-state index contributed by atoms with van der Waals surface area (Å²) in [5.41, 5.74) is 0.773. The Morgan fingerprint density at radius 3 is 2.35 bits per heavy atom. The third kappa shape index (κ3) is 5.64. The fourth-order valence-corrected chi connectivity index (χ4v) is 2.90. The summed E-state index contributed by atoms with van der Waals surface area (Å²) >= 11 is 6.78. The normalized spacial score (nSPS) is 10.2. The van der Waals surface area contributed by atoms with Crippen LogP contribution >= 0.6 is 31.9 Å². The molecule has 1 nitrogen and oxygen atoms in total. The van der Waals surface area contributed by atoms with Crippen LogP contribution in [0.25, 0.3) is 0 Å². The average Bonchev–Trinajstić information content (AvgIpc) is 2.27. The molecule has 3 heteroatoms. The van der Waals surface area contributed by atoms with E-state index in [1.807, 2.05) is 24.3 Å². The van der Waals surface area contributed by atoms with Gasteiger partial charge in [-0.3, -0.25) is 4.79 Å². The number of ketones is 1. The quantitative estimate of drug-likeness (QED) is 0.355. The molecule has 0 bridgehead atoms. The lowest BCUT2D eigenvalue weighted by atomic mass is 10.0. The molecule has 92 valence electrons. The number of carbonyl (C=O) groups excluding carboxylic acids is 1. The highest BCUT2D eigenvalue weighted by Crippen LogP contribution is 2.21. The number of carbonyl (C=O) groups is 1. The van der Waals surface area contributed by atoms with Crippen LogP contribution < -0.4 is 0 Å². The maximum absolute atomic E-state index is 11.9. The Bertz CT molecular complexity index is 379. The fourth-order valence-electron chi connectivity index (χ4n) is 1.61. The van der Waals surface area contributed by atoms with Gasteiger partial charge in [0.2, 0.25) is 0 Å². The monoisotopic (exact) mass is 358 g/mol. The number of unbranched alkanes of at least 4 members (excludes halogenated alkanes) is 3. The zero-order chi connectivity index (χ0) is 12.7. The molecule has 0 amide bonds. The number of halogens is 2. The second-order valence-corrected chi connectivity index (χ2v) is 5.80. The lowest BCUT2D eigenvalue weighted by Crippen LogP contribution is -1.99. The van der Waals surface area contributed by atoms with Crippen LogP contribution in [0.3, 0.4) is 0 Å². The van der Waals surface area contributed by atoms with Gasteiger partial charge in [0, 0.05) is 20.9 Å². The van der Waals surface area contributed by atoms with Crippen molar-refractivity contribution in [2.75, 3.05) is 0 Å². The minimum Gasteiger partial charge on any atom is -0.294 e. The molecule has 1 rings (SSSR count). The van der Waals surface area contributed by atoms with Crippen LogP contribution in [0.5, 0.6) is 0 Å². The first kappa shape index (κ1) is 14.7. The average molecular weight is 360 g/mol. The summed E-state index contributed by atoms with van der Waals surface area (Å²) in [6.45, 7) is 3.68. The number of Topliss-reactive ketones (excluding diaryl/α,β-unsaturated/α-hetero) is 1. The maximum atomic E-state index is 11.9. The van der Waals surface area contributed by atoms with Crippen LogP contribution in [0.15, 0.2) is 39.8 Å². The summed E-state index contributed by atoms with van der Waals surface area (Å²) in [6, 6.07) is 5.68. The predicted octanol–water partition coefficient (Wildman–Crippen LogP) is 5.53. The molecule has 0 aliphatic carbocycles. The van der Waals surface area contributed by atoms with E-state index in [1.54, 1.807) is 0 Å². The van der Waals surface area contributed by atoms with E-state index in [-0.39, 0.29) is 5.78 Å². The highest BCUT2D eigenvalue weighted by atomic mass is 79.9. The second-order valence-electron chi connectivity index (χ2n) is 3.97. The van der Waals surface area contributed by atoms with Crippen LogP contribution in [-0.2, 0) is 0 Å². The van der Waals surface area contributed by atoms with Gasteiger partial charge < -0.3 is 0 Å². The molecule has 0 radical (unpaired) electrons. The molecule has 0 heterocycles. The van der Waals surface area contributed by atoms with E-state index >= 15 is 0 Å². The lowest BCUT2D eigenvalue weighted by molar-refractivity contribution is 0.0979. The van der Waals surface area contributed by atoms with Gasteiger partial charge in [0.05, 0.1) is 0 Å². The van der Waals surface area contributed by atoms with Crippen molar-refractivity contribution in [3.8, 4) is 0 Å². The molecule has 0 aliphatic rings. The topological polar surface area (TPSA) is 17.1 Å². The molecule has 0 unspecified atom stereocenters. The highest BCUT2D eigenvalue weighted by molar-refractivity contribution is 9.11. The van der Waals surface area contributed by atoms with Gasteiger partial charge in [-0.2, -0.15) is 0 Å². The smallest absolute Gasteiger partial charge is 0.162 e. The zero-order valence-electron chi connectivity index (χ0n) is 9.72. The van der Waals surface area contributed by atoms with E-state index < -0.39 is 0 Å². The van der Waals surface area contributed by atoms with Crippen molar-refractivity contribution in [2.45, 2.75) is 32.1 Å². The second kappa shape index (κ2) is 7.83. The van der Waals surface area contributed by atoms with Crippen molar-refractivity contribution >= 4 is 37.6 Å².